The van der Waals surface area contributed by atoms with Gasteiger partial charge in [0.05, 0.1) is 17.8 Å². The van der Waals surface area contributed by atoms with Crippen molar-refractivity contribution in [3.05, 3.63) is 35.5 Å². The summed E-state index contributed by atoms with van der Waals surface area (Å²) in [5.74, 6) is 0.152. The zero-order chi connectivity index (χ0) is 15.5. The normalized spacial score (nSPS) is 21.8. The monoisotopic (exact) mass is 316 g/mol. The van der Waals surface area contributed by atoms with Crippen molar-refractivity contribution in [2.24, 2.45) is 0 Å². The summed E-state index contributed by atoms with van der Waals surface area (Å²) in [4.78, 5) is 23.3. The second-order valence-electron chi connectivity index (χ2n) is 5.61. The van der Waals surface area contributed by atoms with Gasteiger partial charge in [0.25, 0.3) is 0 Å². The van der Waals surface area contributed by atoms with Crippen LogP contribution in [0.25, 0.3) is 10.7 Å². The smallest absolute Gasteiger partial charge is 0.228 e. The van der Waals surface area contributed by atoms with E-state index in [1.54, 1.807) is 6.20 Å². The molecule has 0 aliphatic carbocycles. The Kier molecular flexibility index (Phi) is 4.49. The Hall–Kier alpha value is -1.79. The lowest BCUT2D eigenvalue weighted by Crippen LogP contribution is -2.57. The summed E-state index contributed by atoms with van der Waals surface area (Å²) < 4.78 is 0. The molecular formula is C16H20N4OS. The first-order chi connectivity index (χ1) is 10.6. The van der Waals surface area contributed by atoms with E-state index in [0.717, 1.165) is 29.5 Å². The van der Waals surface area contributed by atoms with Crippen molar-refractivity contribution >= 4 is 17.2 Å². The number of piperazine rings is 1. The molecule has 1 saturated heterocycles. The van der Waals surface area contributed by atoms with E-state index >= 15 is 0 Å². The lowest BCUT2D eigenvalue weighted by molar-refractivity contribution is -0.134. The van der Waals surface area contributed by atoms with Crippen LogP contribution in [0.1, 0.15) is 19.5 Å². The molecule has 3 rings (SSSR count). The van der Waals surface area contributed by atoms with Crippen LogP contribution in [0.2, 0.25) is 0 Å². The van der Waals surface area contributed by atoms with Crippen LogP contribution in [-0.4, -0.2) is 45.9 Å². The average molecular weight is 316 g/mol. The molecular weight excluding hydrogens is 296 g/mol. The molecule has 0 aromatic carbocycles. The third-order valence-electron chi connectivity index (χ3n) is 4.12. The minimum Gasteiger partial charge on any atom is -0.337 e. The van der Waals surface area contributed by atoms with E-state index in [2.05, 4.69) is 29.1 Å². The number of carbonyl (C=O) groups is 1. The molecule has 0 radical (unpaired) electrons. The first-order valence-electron chi connectivity index (χ1n) is 7.54. The Morgan fingerprint density at radius 2 is 2.32 bits per heavy atom. The number of thiazole rings is 1. The third-order valence-corrected chi connectivity index (χ3v) is 5.04. The van der Waals surface area contributed by atoms with Crippen molar-refractivity contribution < 1.29 is 4.79 Å². The van der Waals surface area contributed by atoms with Gasteiger partial charge in [0.15, 0.2) is 0 Å². The maximum atomic E-state index is 12.5. The standard InChI is InChI=1S/C16H20N4OS/c1-11-12(2)20(8-7-17-11)15(21)9-13-10-22-16(19-13)14-5-3-4-6-18-14/h3-6,10-12,17H,7-9H2,1-2H3. The predicted octanol–water partition coefficient (Wildman–Crippen LogP) is 1.96. The minimum absolute atomic E-state index is 0.152. The maximum absolute atomic E-state index is 12.5. The second-order valence-corrected chi connectivity index (χ2v) is 6.46. The highest BCUT2D eigenvalue weighted by atomic mass is 32.1. The summed E-state index contributed by atoms with van der Waals surface area (Å²) in [6, 6.07) is 6.31. The highest BCUT2D eigenvalue weighted by Crippen LogP contribution is 2.22. The molecule has 0 spiro atoms. The molecule has 1 aliphatic rings. The summed E-state index contributed by atoms with van der Waals surface area (Å²) in [5.41, 5.74) is 1.68. The molecule has 6 heteroatoms. The summed E-state index contributed by atoms with van der Waals surface area (Å²) in [6.45, 7) is 5.83. The quantitative estimate of drug-likeness (QED) is 0.940. The largest absolute Gasteiger partial charge is 0.337 e. The predicted molar refractivity (Wildman–Crippen MR) is 87.7 cm³/mol. The fourth-order valence-electron chi connectivity index (χ4n) is 2.66. The fourth-order valence-corrected chi connectivity index (χ4v) is 3.46. The average Bonchev–Trinajstić information content (AvgIpc) is 2.99. The van der Waals surface area contributed by atoms with Gasteiger partial charge in [-0.1, -0.05) is 6.07 Å². The van der Waals surface area contributed by atoms with Gasteiger partial charge in [-0.05, 0) is 26.0 Å². The van der Waals surface area contributed by atoms with Crippen LogP contribution in [0.4, 0.5) is 0 Å². The molecule has 5 nitrogen and oxygen atoms in total. The molecule has 1 N–H and O–H groups in total. The SMILES string of the molecule is CC1NCCN(C(=O)Cc2csc(-c3ccccn3)n2)C1C. The summed E-state index contributed by atoms with van der Waals surface area (Å²) >= 11 is 1.54. The van der Waals surface area contributed by atoms with Crippen molar-refractivity contribution in [3.63, 3.8) is 0 Å². The molecule has 1 fully saturated rings. The number of rotatable bonds is 3. The number of nitrogens with zero attached hydrogens (tertiary/aromatic N) is 3. The van der Waals surface area contributed by atoms with Crippen molar-refractivity contribution in [1.82, 2.24) is 20.2 Å². The van der Waals surface area contributed by atoms with E-state index in [0.29, 0.717) is 12.5 Å². The zero-order valence-electron chi connectivity index (χ0n) is 12.8. The number of amides is 1. The molecule has 0 saturated carbocycles. The number of pyridine rings is 1. The van der Waals surface area contributed by atoms with Gasteiger partial charge in [-0.3, -0.25) is 9.78 Å². The summed E-state index contributed by atoms with van der Waals surface area (Å²) in [5, 5.41) is 6.21. The Morgan fingerprint density at radius 3 is 3.09 bits per heavy atom. The van der Waals surface area contributed by atoms with Crippen LogP contribution < -0.4 is 5.32 Å². The molecule has 2 aromatic heterocycles. The van der Waals surface area contributed by atoms with Crippen LogP contribution in [0, 0.1) is 0 Å². The number of hydrogen-bond donors (Lipinski definition) is 1. The highest BCUT2D eigenvalue weighted by Gasteiger charge is 2.28. The van der Waals surface area contributed by atoms with Gasteiger partial charge in [-0.25, -0.2) is 4.98 Å². The third kappa shape index (κ3) is 3.18. The molecule has 2 unspecified atom stereocenters. The van der Waals surface area contributed by atoms with Crippen molar-refractivity contribution in [1.29, 1.82) is 0 Å². The second kappa shape index (κ2) is 6.54. The van der Waals surface area contributed by atoms with Crippen molar-refractivity contribution in [2.45, 2.75) is 32.4 Å². The van der Waals surface area contributed by atoms with E-state index in [9.17, 15) is 4.79 Å². The maximum Gasteiger partial charge on any atom is 0.228 e. The van der Waals surface area contributed by atoms with E-state index < -0.39 is 0 Å². The number of carbonyl (C=O) groups excluding carboxylic acids is 1. The molecule has 2 aromatic rings. The van der Waals surface area contributed by atoms with Gasteiger partial charge < -0.3 is 10.2 Å². The molecule has 116 valence electrons. The molecule has 22 heavy (non-hydrogen) atoms. The number of hydrogen-bond acceptors (Lipinski definition) is 5. The van der Waals surface area contributed by atoms with Gasteiger partial charge in [0.2, 0.25) is 5.91 Å². The first-order valence-corrected chi connectivity index (χ1v) is 8.42. The van der Waals surface area contributed by atoms with Crippen LogP contribution >= 0.6 is 11.3 Å². The van der Waals surface area contributed by atoms with E-state index in [1.165, 1.54) is 11.3 Å². The van der Waals surface area contributed by atoms with Crippen LogP contribution in [-0.2, 0) is 11.2 Å². The topological polar surface area (TPSA) is 58.1 Å². The molecule has 2 atom stereocenters. The van der Waals surface area contributed by atoms with Gasteiger partial charge >= 0.3 is 0 Å². The summed E-state index contributed by atoms with van der Waals surface area (Å²) in [6.07, 6.45) is 2.12. The van der Waals surface area contributed by atoms with Gasteiger partial charge in [0.1, 0.15) is 5.01 Å². The molecule has 3 heterocycles. The number of aromatic nitrogens is 2. The minimum atomic E-state index is 0.152. The van der Waals surface area contributed by atoms with Crippen molar-refractivity contribution in [3.8, 4) is 10.7 Å². The first kappa shape index (κ1) is 15.1. The van der Waals surface area contributed by atoms with Crippen LogP contribution in [0.3, 0.4) is 0 Å². The van der Waals surface area contributed by atoms with E-state index in [1.807, 2.05) is 28.5 Å². The van der Waals surface area contributed by atoms with Crippen LogP contribution in [0.5, 0.6) is 0 Å². The van der Waals surface area contributed by atoms with Gasteiger partial charge in [0, 0.05) is 36.8 Å². The number of nitrogens with one attached hydrogen (secondary N) is 1. The molecule has 1 amide bonds. The lowest BCUT2D eigenvalue weighted by atomic mass is 10.1. The Labute approximate surface area is 134 Å². The van der Waals surface area contributed by atoms with E-state index in [-0.39, 0.29) is 11.9 Å². The van der Waals surface area contributed by atoms with Crippen LogP contribution in [0.15, 0.2) is 29.8 Å². The van der Waals surface area contributed by atoms with Gasteiger partial charge in [-0.2, -0.15) is 0 Å². The van der Waals surface area contributed by atoms with E-state index in [4.69, 9.17) is 0 Å². The Morgan fingerprint density at radius 1 is 1.45 bits per heavy atom. The Bertz CT molecular complexity index is 643. The highest BCUT2D eigenvalue weighted by molar-refractivity contribution is 7.13. The van der Waals surface area contributed by atoms with Crippen molar-refractivity contribution in [2.75, 3.05) is 13.1 Å². The molecule has 0 bridgehead atoms. The molecule has 1 aliphatic heterocycles. The lowest BCUT2D eigenvalue weighted by Gasteiger charge is -2.38. The zero-order valence-corrected chi connectivity index (χ0v) is 13.6. The fraction of sp³-hybridized carbons (Fsp3) is 0.438. The summed E-state index contributed by atoms with van der Waals surface area (Å²) in [7, 11) is 0. The van der Waals surface area contributed by atoms with Gasteiger partial charge in [-0.15, -0.1) is 11.3 Å². The Balaban J connectivity index is 1.69.